The van der Waals surface area contributed by atoms with Crippen molar-refractivity contribution in [2.45, 2.75) is 0 Å². The number of H-pyrrole nitrogens is 1. The molecular weight excluding hydrogens is 284 g/mol. The Morgan fingerprint density at radius 2 is 2.29 bits per heavy atom. The van der Waals surface area contributed by atoms with E-state index in [1.54, 1.807) is 24.3 Å². The second-order valence-electron chi connectivity index (χ2n) is 3.21. The monoisotopic (exact) mass is 290 g/mol. The van der Waals surface area contributed by atoms with Crippen LogP contribution in [0.2, 0.25) is 0 Å². The molecule has 0 radical (unpaired) electrons. The maximum absolute atomic E-state index is 11.3. The molecule has 1 aromatic carbocycles. The van der Waals surface area contributed by atoms with Crippen LogP contribution in [0.5, 0.6) is 0 Å². The van der Waals surface area contributed by atoms with E-state index in [9.17, 15) is 4.79 Å². The number of nitrogens with zero attached hydrogens (tertiary/aromatic N) is 2. The quantitative estimate of drug-likeness (QED) is 0.888. The van der Waals surface area contributed by atoms with Crippen molar-refractivity contribution in [1.82, 2.24) is 9.97 Å². The van der Waals surface area contributed by atoms with Crippen molar-refractivity contribution in [3.05, 3.63) is 51.0 Å². The fourth-order valence-electron chi connectivity index (χ4n) is 1.27. The lowest BCUT2D eigenvalue weighted by Crippen LogP contribution is -2.10. The molecule has 0 amide bonds. The minimum atomic E-state index is -0.265. The average Bonchev–Trinajstić information content (AvgIpc) is 2.35. The lowest BCUT2D eigenvalue weighted by atomic mass is 10.2. The first-order valence-corrected chi connectivity index (χ1v) is 5.50. The lowest BCUT2D eigenvalue weighted by molar-refractivity contribution is 1.10. The molecule has 0 spiro atoms. The van der Waals surface area contributed by atoms with Crippen LogP contribution in [0.15, 0.2) is 39.9 Å². The van der Waals surface area contributed by atoms with Gasteiger partial charge in [0.25, 0.3) is 5.56 Å². The van der Waals surface area contributed by atoms with E-state index in [0.29, 0.717) is 21.5 Å². The molecule has 0 saturated heterocycles. The first-order valence-electron chi connectivity index (χ1n) is 4.71. The summed E-state index contributed by atoms with van der Waals surface area (Å²) in [6.07, 6.45) is 1.31. The van der Waals surface area contributed by atoms with Gasteiger partial charge in [0.05, 0.1) is 18.0 Å². The first kappa shape index (κ1) is 11.4. The second kappa shape index (κ2) is 4.80. The Morgan fingerprint density at radius 3 is 3.06 bits per heavy atom. The van der Waals surface area contributed by atoms with Crippen LogP contribution < -0.4 is 10.9 Å². The van der Waals surface area contributed by atoms with E-state index in [0.717, 1.165) is 0 Å². The van der Waals surface area contributed by atoms with Crippen molar-refractivity contribution in [2.75, 3.05) is 5.32 Å². The van der Waals surface area contributed by atoms with Gasteiger partial charge in [0, 0.05) is 5.69 Å². The number of aromatic nitrogens is 2. The number of hydrogen-bond acceptors (Lipinski definition) is 4. The van der Waals surface area contributed by atoms with Gasteiger partial charge in [0.1, 0.15) is 4.47 Å². The van der Waals surface area contributed by atoms with Crippen LogP contribution in [0.4, 0.5) is 11.5 Å². The van der Waals surface area contributed by atoms with Crippen molar-refractivity contribution in [3.63, 3.8) is 0 Å². The first-order chi connectivity index (χ1) is 8.20. The summed E-state index contributed by atoms with van der Waals surface area (Å²) in [4.78, 5) is 17.8. The Hall–Kier alpha value is -2.13. The van der Waals surface area contributed by atoms with Crippen LogP contribution in [0.1, 0.15) is 5.56 Å². The minimum absolute atomic E-state index is 0.265. The van der Waals surface area contributed by atoms with E-state index in [1.165, 1.54) is 6.33 Å². The molecule has 0 aliphatic rings. The fraction of sp³-hybridized carbons (Fsp3) is 0. The molecule has 84 valence electrons. The number of halogens is 1. The summed E-state index contributed by atoms with van der Waals surface area (Å²) < 4.78 is 0.322. The highest BCUT2D eigenvalue weighted by Gasteiger charge is 2.05. The van der Waals surface area contributed by atoms with Gasteiger partial charge in [-0.3, -0.25) is 4.79 Å². The van der Waals surface area contributed by atoms with Crippen molar-refractivity contribution in [2.24, 2.45) is 0 Å². The van der Waals surface area contributed by atoms with E-state index >= 15 is 0 Å². The normalized spacial score (nSPS) is 9.65. The zero-order valence-electron chi connectivity index (χ0n) is 8.57. The number of rotatable bonds is 2. The highest BCUT2D eigenvalue weighted by Crippen LogP contribution is 2.20. The molecule has 0 saturated carbocycles. The molecule has 2 rings (SSSR count). The predicted octanol–water partition coefficient (Wildman–Crippen LogP) is 2.15. The maximum atomic E-state index is 11.3. The van der Waals surface area contributed by atoms with Crippen LogP contribution in [0.3, 0.4) is 0 Å². The van der Waals surface area contributed by atoms with Gasteiger partial charge in [-0.15, -0.1) is 0 Å². The summed E-state index contributed by atoms with van der Waals surface area (Å²) in [7, 11) is 0. The Kier molecular flexibility index (Phi) is 3.21. The summed E-state index contributed by atoms with van der Waals surface area (Å²) in [5.41, 5.74) is 0.970. The molecule has 0 aliphatic heterocycles. The van der Waals surface area contributed by atoms with Gasteiger partial charge in [-0.1, -0.05) is 6.07 Å². The summed E-state index contributed by atoms with van der Waals surface area (Å²) in [5, 5.41) is 11.7. The molecule has 6 heteroatoms. The number of nitrogens with one attached hydrogen (secondary N) is 2. The zero-order valence-corrected chi connectivity index (χ0v) is 10.2. The molecule has 17 heavy (non-hydrogen) atoms. The fourth-order valence-corrected chi connectivity index (χ4v) is 1.59. The second-order valence-corrected chi connectivity index (χ2v) is 4.00. The van der Waals surface area contributed by atoms with E-state index in [4.69, 9.17) is 5.26 Å². The summed E-state index contributed by atoms with van der Waals surface area (Å²) in [6.45, 7) is 0. The number of anilines is 2. The van der Waals surface area contributed by atoms with Crippen LogP contribution in [-0.2, 0) is 0 Å². The summed E-state index contributed by atoms with van der Waals surface area (Å²) in [6, 6.07) is 8.95. The van der Waals surface area contributed by atoms with E-state index < -0.39 is 0 Å². The van der Waals surface area contributed by atoms with Gasteiger partial charge in [0.15, 0.2) is 5.82 Å². The molecule has 1 heterocycles. The third kappa shape index (κ3) is 2.52. The van der Waals surface area contributed by atoms with Gasteiger partial charge in [-0.05, 0) is 34.1 Å². The van der Waals surface area contributed by atoms with E-state index in [2.05, 4.69) is 31.2 Å². The number of benzene rings is 1. The SMILES string of the molecule is N#Cc1cccc(Nc2nc[nH]c(=O)c2Br)c1. The molecule has 5 nitrogen and oxygen atoms in total. The third-order valence-corrected chi connectivity index (χ3v) is 2.79. The molecule has 0 fully saturated rings. The Labute approximate surface area is 105 Å². The van der Waals surface area contributed by atoms with Crippen molar-refractivity contribution >= 4 is 27.4 Å². The van der Waals surface area contributed by atoms with Gasteiger partial charge in [-0.25, -0.2) is 4.98 Å². The van der Waals surface area contributed by atoms with E-state index in [-0.39, 0.29) is 5.56 Å². The third-order valence-electron chi connectivity index (χ3n) is 2.05. The Morgan fingerprint density at radius 1 is 1.47 bits per heavy atom. The molecule has 1 aromatic heterocycles. The predicted molar refractivity (Wildman–Crippen MR) is 67.0 cm³/mol. The molecule has 0 aliphatic carbocycles. The van der Waals surface area contributed by atoms with Gasteiger partial charge >= 0.3 is 0 Å². The largest absolute Gasteiger partial charge is 0.339 e. The summed E-state index contributed by atoms with van der Waals surface area (Å²) >= 11 is 3.14. The van der Waals surface area contributed by atoms with Gasteiger partial charge in [-0.2, -0.15) is 5.26 Å². The molecule has 0 atom stereocenters. The average molecular weight is 291 g/mol. The minimum Gasteiger partial charge on any atom is -0.339 e. The highest BCUT2D eigenvalue weighted by atomic mass is 79.9. The van der Waals surface area contributed by atoms with Crippen LogP contribution >= 0.6 is 15.9 Å². The highest BCUT2D eigenvalue weighted by molar-refractivity contribution is 9.10. The van der Waals surface area contributed by atoms with E-state index in [1.807, 2.05) is 6.07 Å². The topological polar surface area (TPSA) is 81.6 Å². The standard InChI is InChI=1S/C11H7BrN4O/c12-9-10(14-6-15-11(9)17)16-8-3-1-2-7(4-8)5-13/h1-4,6H,(H2,14,15,16,17). The molecule has 2 N–H and O–H groups in total. The summed E-state index contributed by atoms with van der Waals surface area (Å²) in [5.74, 6) is 0.406. The number of hydrogen-bond donors (Lipinski definition) is 2. The lowest BCUT2D eigenvalue weighted by Gasteiger charge is -2.06. The van der Waals surface area contributed by atoms with Crippen LogP contribution in [0.25, 0.3) is 0 Å². The van der Waals surface area contributed by atoms with Crippen molar-refractivity contribution < 1.29 is 0 Å². The Bertz CT molecular complexity index is 644. The van der Waals surface area contributed by atoms with Crippen LogP contribution in [0, 0.1) is 11.3 Å². The maximum Gasteiger partial charge on any atom is 0.267 e. The Balaban J connectivity index is 2.35. The number of nitriles is 1. The van der Waals surface area contributed by atoms with Gasteiger partial charge < -0.3 is 10.3 Å². The molecule has 0 bridgehead atoms. The number of aromatic amines is 1. The molecule has 2 aromatic rings. The zero-order chi connectivity index (χ0) is 12.3. The smallest absolute Gasteiger partial charge is 0.267 e. The van der Waals surface area contributed by atoms with Crippen molar-refractivity contribution in [1.29, 1.82) is 5.26 Å². The van der Waals surface area contributed by atoms with Gasteiger partial charge in [0.2, 0.25) is 0 Å². The van der Waals surface area contributed by atoms with Crippen molar-refractivity contribution in [3.8, 4) is 6.07 Å². The molecular formula is C11H7BrN4O. The molecule has 0 unspecified atom stereocenters. The van der Waals surface area contributed by atoms with Crippen LogP contribution in [-0.4, -0.2) is 9.97 Å².